The fourth-order valence-electron chi connectivity index (χ4n) is 2.43. The maximum Gasteiger partial charge on any atom is 0.326 e. The van der Waals surface area contributed by atoms with Gasteiger partial charge in [-0.1, -0.05) is 0 Å². The van der Waals surface area contributed by atoms with Crippen LogP contribution < -0.4 is 0 Å². The average Bonchev–Trinajstić information content (AvgIpc) is 3.11. The summed E-state index contributed by atoms with van der Waals surface area (Å²) in [6, 6.07) is -1.04. The number of likely N-dealkylation sites (tertiary alicyclic amines) is 1. The van der Waals surface area contributed by atoms with Crippen LogP contribution in [-0.4, -0.2) is 77.0 Å². The first-order chi connectivity index (χ1) is 9.04. The van der Waals surface area contributed by atoms with Crippen molar-refractivity contribution < 1.29 is 24.5 Å². The van der Waals surface area contributed by atoms with Gasteiger partial charge in [0.05, 0.1) is 12.7 Å². The van der Waals surface area contributed by atoms with Crippen LogP contribution in [0.3, 0.4) is 0 Å². The molecule has 2 aliphatic rings. The van der Waals surface area contributed by atoms with Crippen LogP contribution in [0, 0.1) is 0 Å². The van der Waals surface area contributed by atoms with Crippen molar-refractivity contribution in [3.63, 3.8) is 0 Å². The second kappa shape index (κ2) is 5.75. The summed E-state index contributed by atoms with van der Waals surface area (Å²) in [5.74, 6) is -1.06. The van der Waals surface area contributed by atoms with Gasteiger partial charge >= 0.3 is 12.0 Å². The number of hydrogen-bond donors (Lipinski definition) is 2. The molecule has 2 amide bonds. The molecule has 7 nitrogen and oxygen atoms in total. The molecule has 0 radical (unpaired) electrons. The molecule has 0 aromatic carbocycles. The number of aliphatic hydroxyl groups excluding tert-OH is 1. The van der Waals surface area contributed by atoms with Gasteiger partial charge in [0, 0.05) is 32.7 Å². The van der Waals surface area contributed by atoms with Gasteiger partial charge in [-0.05, 0) is 12.8 Å². The molecule has 2 N–H and O–H groups in total. The van der Waals surface area contributed by atoms with Gasteiger partial charge in [0.1, 0.15) is 6.04 Å². The quantitative estimate of drug-likeness (QED) is 0.719. The van der Waals surface area contributed by atoms with Crippen molar-refractivity contribution in [2.24, 2.45) is 0 Å². The molecule has 1 heterocycles. The summed E-state index contributed by atoms with van der Waals surface area (Å²) in [5, 5.41) is 18.7. The van der Waals surface area contributed by atoms with Crippen molar-refractivity contribution in [2.75, 3.05) is 26.8 Å². The largest absolute Gasteiger partial charge is 0.480 e. The lowest BCUT2D eigenvalue weighted by Gasteiger charge is -2.30. The Labute approximate surface area is 111 Å². The monoisotopic (exact) mass is 272 g/mol. The van der Waals surface area contributed by atoms with E-state index in [0.717, 1.165) is 12.8 Å². The molecule has 1 saturated heterocycles. The Hall–Kier alpha value is -1.34. The lowest BCUT2D eigenvalue weighted by atomic mass is 10.2. The average molecular weight is 272 g/mol. The SMILES string of the molecule is COCCN(C(=O)N1CC(O)CC1C(=O)O)C1CC1. The summed E-state index contributed by atoms with van der Waals surface area (Å²) in [6.07, 6.45) is 1.24. The highest BCUT2D eigenvalue weighted by Gasteiger charge is 2.43. The van der Waals surface area contributed by atoms with E-state index in [4.69, 9.17) is 9.84 Å². The van der Waals surface area contributed by atoms with Gasteiger partial charge in [0.15, 0.2) is 0 Å². The van der Waals surface area contributed by atoms with Gasteiger partial charge < -0.3 is 24.7 Å². The zero-order valence-corrected chi connectivity index (χ0v) is 11.0. The van der Waals surface area contributed by atoms with E-state index < -0.39 is 18.1 Å². The van der Waals surface area contributed by atoms with Crippen LogP contribution in [0.5, 0.6) is 0 Å². The van der Waals surface area contributed by atoms with Gasteiger partial charge in [0.25, 0.3) is 0 Å². The predicted molar refractivity (Wildman–Crippen MR) is 65.8 cm³/mol. The highest BCUT2D eigenvalue weighted by Crippen LogP contribution is 2.29. The molecule has 0 aromatic heterocycles. The van der Waals surface area contributed by atoms with Gasteiger partial charge in [-0.3, -0.25) is 0 Å². The molecule has 1 aliphatic carbocycles. The predicted octanol–water partition coefficient (Wildman–Crippen LogP) is -0.263. The number of carboxylic acid groups (broad SMARTS) is 1. The number of urea groups is 1. The zero-order valence-electron chi connectivity index (χ0n) is 11.0. The molecule has 19 heavy (non-hydrogen) atoms. The molecular formula is C12H20N2O5. The Morgan fingerprint density at radius 3 is 2.63 bits per heavy atom. The first-order valence-electron chi connectivity index (χ1n) is 6.51. The highest BCUT2D eigenvalue weighted by atomic mass is 16.5. The highest BCUT2D eigenvalue weighted by molar-refractivity contribution is 5.83. The molecule has 7 heteroatoms. The van der Waals surface area contributed by atoms with Gasteiger partial charge in [-0.15, -0.1) is 0 Å². The summed E-state index contributed by atoms with van der Waals surface area (Å²) < 4.78 is 4.98. The van der Waals surface area contributed by atoms with E-state index in [1.54, 1.807) is 12.0 Å². The molecule has 2 atom stereocenters. The number of methoxy groups -OCH3 is 1. The number of amides is 2. The molecule has 0 aromatic rings. The number of carbonyl (C=O) groups is 2. The third kappa shape index (κ3) is 3.16. The number of carboxylic acids is 1. The Morgan fingerprint density at radius 2 is 2.11 bits per heavy atom. The number of hydrogen-bond acceptors (Lipinski definition) is 4. The second-order valence-corrected chi connectivity index (χ2v) is 5.10. The van der Waals surface area contributed by atoms with Crippen molar-refractivity contribution in [1.29, 1.82) is 0 Å². The van der Waals surface area contributed by atoms with E-state index in [2.05, 4.69) is 0 Å². The van der Waals surface area contributed by atoms with E-state index >= 15 is 0 Å². The summed E-state index contributed by atoms with van der Waals surface area (Å²) >= 11 is 0. The van der Waals surface area contributed by atoms with E-state index in [-0.39, 0.29) is 25.0 Å². The first-order valence-corrected chi connectivity index (χ1v) is 6.51. The van der Waals surface area contributed by atoms with E-state index in [9.17, 15) is 14.7 Å². The molecule has 1 saturated carbocycles. The Bertz CT molecular complexity index is 358. The Balaban J connectivity index is 2.05. The minimum atomic E-state index is -1.06. The van der Waals surface area contributed by atoms with Gasteiger partial charge in [0.2, 0.25) is 0 Å². The number of aliphatic hydroxyl groups is 1. The van der Waals surface area contributed by atoms with E-state index in [1.807, 2.05) is 0 Å². The van der Waals surface area contributed by atoms with E-state index in [1.165, 1.54) is 4.90 Å². The molecule has 0 spiro atoms. The number of β-amino-alcohol motifs (C(OH)–C–C–N with tert-alkyl or cyclic N) is 1. The molecule has 2 rings (SSSR count). The molecular weight excluding hydrogens is 252 g/mol. The van der Waals surface area contributed by atoms with Crippen LogP contribution in [0.1, 0.15) is 19.3 Å². The number of ether oxygens (including phenoxy) is 1. The van der Waals surface area contributed by atoms with Crippen molar-refractivity contribution in [3.8, 4) is 0 Å². The first kappa shape index (κ1) is 14.1. The van der Waals surface area contributed by atoms with E-state index in [0.29, 0.717) is 13.2 Å². The maximum absolute atomic E-state index is 12.4. The lowest BCUT2D eigenvalue weighted by Crippen LogP contribution is -2.49. The zero-order chi connectivity index (χ0) is 14.0. The maximum atomic E-state index is 12.4. The van der Waals surface area contributed by atoms with Crippen LogP contribution in [-0.2, 0) is 9.53 Å². The molecule has 1 aliphatic heterocycles. The summed E-state index contributed by atoms with van der Waals surface area (Å²) in [7, 11) is 1.56. The Morgan fingerprint density at radius 1 is 1.42 bits per heavy atom. The minimum Gasteiger partial charge on any atom is -0.480 e. The molecule has 0 bridgehead atoms. The van der Waals surface area contributed by atoms with Crippen LogP contribution >= 0.6 is 0 Å². The van der Waals surface area contributed by atoms with Crippen molar-refractivity contribution >= 4 is 12.0 Å². The summed E-state index contributed by atoms with van der Waals surface area (Å²) in [6.45, 7) is 0.974. The van der Waals surface area contributed by atoms with Crippen molar-refractivity contribution in [1.82, 2.24) is 9.80 Å². The number of rotatable bonds is 5. The van der Waals surface area contributed by atoms with Crippen molar-refractivity contribution in [3.05, 3.63) is 0 Å². The molecule has 2 unspecified atom stereocenters. The van der Waals surface area contributed by atoms with Crippen LogP contribution in [0.2, 0.25) is 0 Å². The van der Waals surface area contributed by atoms with Crippen LogP contribution in [0.15, 0.2) is 0 Å². The second-order valence-electron chi connectivity index (χ2n) is 5.10. The third-order valence-electron chi connectivity index (χ3n) is 3.58. The number of carbonyl (C=O) groups excluding carboxylic acids is 1. The topological polar surface area (TPSA) is 90.3 Å². The number of aliphatic carboxylic acids is 1. The molecule has 108 valence electrons. The molecule has 2 fully saturated rings. The third-order valence-corrected chi connectivity index (χ3v) is 3.58. The van der Waals surface area contributed by atoms with Crippen LogP contribution in [0.4, 0.5) is 4.79 Å². The summed E-state index contributed by atoms with van der Waals surface area (Å²) in [5.41, 5.74) is 0. The lowest BCUT2D eigenvalue weighted by molar-refractivity contribution is -0.141. The van der Waals surface area contributed by atoms with Gasteiger partial charge in [-0.2, -0.15) is 0 Å². The summed E-state index contributed by atoms with van der Waals surface area (Å²) in [4.78, 5) is 26.5. The number of nitrogens with zero attached hydrogens (tertiary/aromatic N) is 2. The fraction of sp³-hybridized carbons (Fsp3) is 0.833. The smallest absolute Gasteiger partial charge is 0.326 e. The minimum absolute atomic E-state index is 0.0893. The van der Waals surface area contributed by atoms with Crippen molar-refractivity contribution in [2.45, 2.75) is 37.5 Å². The normalized spacial score (nSPS) is 26.5. The fourth-order valence-corrected chi connectivity index (χ4v) is 2.43. The van der Waals surface area contributed by atoms with Crippen LogP contribution in [0.25, 0.3) is 0 Å². The van der Waals surface area contributed by atoms with Gasteiger partial charge in [-0.25, -0.2) is 9.59 Å². The standard InChI is InChI=1S/C12H20N2O5/c1-19-5-4-13(8-2-3-8)12(18)14-7-9(15)6-10(14)11(16)17/h8-10,15H,2-7H2,1H3,(H,16,17). The Kier molecular flexibility index (Phi) is 4.26.